The lowest BCUT2D eigenvalue weighted by atomic mass is 10.2. The van der Waals surface area contributed by atoms with Crippen LogP contribution >= 0.6 is 0 Å². The van der Waals surface area contributed by atoms with E-state index in [2.05, 4.69) is 19.6 Å². The number of benzene rings is 1. The highest BCUT2D eigenvalue weighted by molar-refractivity contribution is 5.43. The van der Waals surface area contributed by atoms with Gasteiger partial charge in [-0.3, -0.25) is 0 Å². The van der Waals surface area contributed by atoms with Crippen LogP contribution in [0.2, 0.25) is 0 Å². The third-order valence-electron chi connectivity index (χ3n) is 2.78. The molecule has 0 saturated carbocycles. The van der Waals surface area contributed by atoms with Crippen LogP contribution in [0, 0.1) is 11.3 Å². The minimum absolute atomic E-state index is 0.739. The first-order chi connectivity index (χ1) is 10.0. The van der Waals surface area contributed by atoms with Crippen LogP contribution in [0.3, 0.4) is 0 Å². The molecule has 0 atom stereocenters. The van der Waals surface area contributed by atoms with Crippen molar-refractivity contribution in [2.75, 3.05) is 7.11 Å². The normalized spacial score (nSPS) is 9.29. The van der Waals surface area contributed by atoms with Crippen LogP contribution < -0.4 is 4.74 Å². The summed E-state index contributed by atoms with van der Waals surface area (Å²) in [7, 11) is 1.65. The van der Waals surface area contributed by atoms with Crippen molar-refractivity contribution in [2.45, 2.75) is 27.2 Å². The Bertz CT molecular complexity index is 626. The number of nitrogens with zero attached hydrogens (tertiary/aromatic N) is 2. The van der Waals surface area contributed by atoms with E-state index in [4.69, 9.17) is 10.00 Å². The topological polar surface area (TPSA) is 38.0 Å². The average Bonchev–Trinajstić information content (AvgIpc) is 2.90. The van der Waals surface area contributed by atoms with Crippen molar-refractivity contribution in [1.29, 1.82) is 5.26 Å². The minimum atomic E-state index is 0.739. The van der Waals surface area contributed by atoms with Crippen LogP contribution in [0.25, 0.3) is 5.69 Å². The fourth-order valence-corrected chi connectivity index (χ4v) is 1.78. The Balaban J connectivity index is 0.000000491. The number of allylic oxidation sites excluding steroid dienone is 1. The van der Waals surface area contributed by atoms with E-state index < -0.39 is 0 Å². The number of aryl methyl sites for hydroxylation is 1. The molecule has 1 heterocycles. The molecule has 1 aromatic heterocycles. The monoisotopic (exact) mass is 282 g/mol. The van der Waals surface area contributed by atoms with Gasteiger partial charge in [0.15, 0.2) is 0 Å². The highest BCUT2D eigenvalue weighted by Crippen LogP contribution is 2.18. The lowest BCUT2D eigenvalue weighted by molar-refractivity contribution is 0.415. The highest BCUT2D eigenvalue weighted by atomic mass is 16.5. The van der Waals surface area contributed by atoms with Gasteiger partial charge < -0.3 is 9.30 Å². The van der Waals surface area contributed by atoms with Gasteiger partial charge in [0.25, 0.3) is 0 Å². The van der Waals surface area contributed by atoms with Crippen LogP contribution in [-0.2, 0) is 6.42 Å². The van der Waals surface area contributed by atoms with Crippen molar-refractivity contribution in [2.24, 2.45) is 0 Å². The predicted molar refractivity (Wildman–Crippen MR) is 86.9 cm³/mol. The second kappa shape index (κ2) is 7.96. The number of hydrogen-bond donors (Lipinski definition) is 0. The Labute approximate surface area is 127 Å². The average molecular weight is 282 g/mol. The maximum Gasteiger partial charge on any atom is 0.119 e. The molecule has 2 rings (SSSR count). The maximum atomic E-state index is 9.01. The SMILES string of the molecule is C=C(C)C.CCc1cn(-c2ccc(OC)cc2)cc1C#N. The second-order valence-electron chi connectivity index (χ2n) is 4.97. The summed E-state index contributed by atoms with van der Waals surface area (Å²) in [6, 6.07) is 9.98. The molecule has 1 aromatic carbocycles. The summed E-state index contributed by atoms with van der Waals surface area (Å²) in [5, 5.41) is 9.01. The number of hydrogen-bond acceptors (Lipinski definition) is 2. The van der Waals surface area contributed by atoms with Gasteiger partial charge >= 0.3 is 0 Å². The zero-order chi connectivity index (χ0) is 15.8. The molecule has 3 heteroatoms. The van der Waals surface area contributed by atoms with Crippen molar-refractivity contribution in [3.63, 3.8) is 0 Å². The van der Waals surface area contributed by atoms with Gasteiger partial charge in [0.1, 0.15) is 11.8 Å². The fourth-order valence-electron chi connectivity index (χ4n) is 1.78. The van der Waals surface area contributed by atoms with Gasteiger partial charge in [0, 0.05) is 18.1 Å². The Morgan fingerprint density at radius 3 is 2.19 bits per heavy atom. The number of nitriles is 1. The van der Waals surface area contributed by atoms with Gasteiger partial charge in [-0.1, -0.05) is 12.5 Å². The first-order valence-corrected chi connectivity index (χ1v) is 6.89. The first kappa shape index (κ1) is 16.6. The Morgan fingerprint density at radius 2 is 1.81 bits per heavy atom. The Morgan fingerprint density at radius 1 is 1.24 bits per heavy atom. The summed E-state index contributed by atoms with van der Waals surface area (Å²) in [5.74, 6) is 0.831. The van der Waals surface area contributed by atoms with Gasteiger partial charge in [0.2, 0.25) is 0 Å². The summed E-state index contributed by atoms with van der Waals surface area (Å²) in [6.07, 6.45) is 4.73. The molecule has 2 aromatic rings. The molecule has 21 heavy (non-hydrogen) atoms. The van der Waals surface area contributed by atoms with E-state index in [9.17, 15) is 0 Å². The van der Waals surface area contributed by atoms with Crippen molar-refractivity contribution >= 4 is 0 Å². The zero-order valence-electron chi connectivity index (χ0n) is 13.2. The van der Waals surface area contributed by atoms with E-state index in [-0.39, 0.29) is 0 Å². The molecular formula is C18H22N2O. The van der Waals surface area contributed by atoms with E-state index in [1.807, 2.05) is 55.1 Å². The van der Waals surface area contributed by atoms with E-state index in [0.29, 0.717) is 0 Å². The Kier molecular flexibility index (Phi) is 6.29. The molecule has 0 aliphatic rings. The summed E-state index contributed by atoms with van der Waals surface area (Å²) in [4.78, 5) is 0. The van der Waals surface area contributed by atoms with Crippen molar-refractivity contribution in [1.82, 2.24) is 4.57 Å². The van der Waals surface area contributed by atoms with Crippen LogP contribution in [0.4, 0.5) is 0 Å². The molecule has 110 valence electrons. The molecular weight excluding hydrogens is 260 g/mol. The number of methoxy groups -OCH3 is 1. The van der Waals surface area contributed by atoms with E-state index in [1.54, 1.807) is 7.11 Å². The second-order valence-corrected chi connectivity index (χ2v) is 4.97. The quantitative estimate of drug-likeness (QED) is 0.777. The summed E-state index contributed by atoms with van der Waals surface area (Å²) >= 11 is 0. The number of aromatic nitrogens is 1. The lowest BCUT2D eigenvalue weighted by Crippen LogP contribution is -1.90. The molecule has 0 bridgehead atoms. The van der Waals surface area contributed by atoms with Crippen LogP contribution in [0.1, 0.15) is 31.9 Å². The van der Waals surface area contributed by atoms with E-state index in [0.717, 1.165) is 29.0 Å². The minimum Gasteiger partial charge on any atom is -0.497 e. The fraction of sp³-hybridized carbons (Fsp3) is 0.278. The van der Waals surface area contributed by atoms with Crippen molar-refractivity contribution < 1.29 is 4.74 Å². The summed E-state index contributed by atoms with van der Waals surface area (Å²) in [6.45, 7) is 9.55. The summed E-state index contributed by atoms with van der Waals surface area (Å²) in [5.41, 5.74) is 4.01. The molecule has 0 saturated heterocycles. The van der Waals surface area contributed by atoms with Gasteiger partial charge in [-0.25, -0.2) is 0 Å². The number of rotatable bonds is 3. The third-order valence-corrected chi connectivity index (χ3v) is 2.78. The molecule has 0 unspecified atom stereocenters. The number of ether oxygens (including phenoxy) is 1. The van der Waals surface area contributed by atoms with Crippen LogP contribution in [0.15, 0.2) is 48.8 Å². The first-order valence-electron chi connectivity index (χ1n) is 6.89. The standard InChI is InChI=1S/C14H14N2O.C4H8/c1-3-11-9-16(10-12(11)8-15)13-4-6-14(17-2)7-5-13;1-4(2)3/h4-7,9-10H,3H2,1-2H3;1H2,2-3H3. The molecule has 0 aliphatic carbocycles. The smallest absolute Gasteiger partial charge is 0.119 e. The van der Waals surface area contributed by atoms with Crippen molar-refractivity contribution in [3.05, 3.63) is 59.9 Å². The predicted octanol–water partition coefficient (Wildman–Crippen LogP) is 4.50. The van der Waals surface area contributed by atoms with E-state index in [1.165, 1.54) is 5.57 Å². The highest BCUT2D eigenvalue weighted by Gasteiger charge is 2.05. The molecule has 0 aliphatic heterocycles. The summed E-state index contributed by atoms with van der Waals surface area (Å²) < 4.78 is 7.08. The van der Waals surface area contributed by atoms with Crippen molar-refractivity contribution in [3.8, 4) is 17.5 Å². The van der Waals surface area contributed by atoms with E-state index >= 15 is 0 Å². The molecule has 3 nitrogen and oxygen atoms in total. The lowest BCUT2D eigenvalue weighted by Gasteiger charge is -2.04. The largest absolute Gasteiger partial charge is 0.497 e. The van der Waals surface area contributed by atoms with Gasteiger partial charge in [-0.05, 0) is 50.1 Å². The molecule has 0 amide bonds. The Hall–Kier alpha value is -2.47. The molecule has 0 radical (unpaired) electrons. The third kappa shape index (κ3) is 4.85. The van der Waals surface area contributed by atoms with Gasteiger partial charge in [0.05, 0.1) is 12.7 Å². The van der Waals surface area contributed by atoms with Gasteiger partial charge in [-0.15, -0.1) is 6.58 Å². The van der Waals surface area contributed by atoms with Crippen LogP contribution in [-0.4, -0.2) is 11.7 Å². The van der Waals surface area contributed by atoms with Gasteiger partial charge in [-0.2, -0.15) is 5.26 Å². The molecule has 0 N–H and O–H groups in total. The maximum absolute atomic E-state index is 9.01. The molecule has 0 fully saturated rings. The zero-order valence-corrected chi connectivity index (χ0v) is 13.2. The molecule has 0 spiro atoms. The van der Waals surface area contributed by atoms with Crippen LogP contribution in [0.5, 0.6) is 5.75 Å².